The Balaban J connectivity index is 2.11. The van der Waals surface area contributed by atoms with Gasteiger partial charge in [-0.05, 0) is 0 Å². The summed E-state index contributed by atoms with van der Waals surface area (Å²) in [6.45, 7) is 4.79. The van der Waals surface area contributed by atoms with Crippen molar-refractivity contribution in [3.05, 3.63) is 12.2 Å². The quantitative estimate of drug-likeness (QED) is 0.509. The molecule has 0 aliphatic carbocycles. The minimum Gasteiger partial charge on any atom is -0.376 e. The summed E-state index contributed by atoms with van der Waals surface area (Å²) in [5, 5.41) is 3.20. The van der Waals surface area contributed by atoms with Gasteiger partial charge in [-0.25, -0.2) is 0 Å². The Labute approximate surface area is 67.4 Å². The number of hydrogen-bond acceptors (Lipinski definition) is 3. The topological polar surface area (TPSA) is 30.5 Å². The first-order valence-electron chi connectivity index (χ1n) is 4.01. The van der Waals surface area contributed by atoms with Crippen molar-refractivity contribution in [3.8, 4) is 0 Å². The van der Waals surface area contributed by atoms with Crippen LogP contribution < -0.4 is 5.32 Å². The van der Waals surface area contributed by atoms with E-state index in [0.717, 1.165) is 26.3 Å². The van der Waals surface area contributed by atoms with E-state index in [0.29, 0.717) is 13.2 Å². The standard InChI is InChI=1S/C8H15NO2/c1-2-6-11-8-4-9-3-7-10-5-1/h1-2,9H,3-8H2. The van der Waals surface area contributed by atoms with Crippen molar-refractivity contribution in [1.29, 1.82) is 0 Å². The molecule has 0 fully saturated rings. The molecule has 1 heterocycles. The van der Waals surface area contributed by atoms with E-state index in [1.165, 1.54) is 0 Å². The molecule has 0 aromatic rings. The van der Waals surface area contributed by atoms with Crippen LogP contribution in [0.3, 0.4) is 0 Å². The fourth-order valence-corrected chi connectivity index (χ4v) is 0.853. The van der Waals surface area contributed by atoms with Gasteiger partial charge in [-0.2, -0.15) is 0 Å². The van der Waals surface area contributed by atoms with Gasteiger partial charge in [-0.15, -0.1) is 0 Å². The zero-order valence-electron chi connectivity index (χ0n) is 6.71. The molecule has 0 radical (unpaired) electrons. The van der Waals surface area contributed by atoms with E-state index in [2.05, 4.69) is 5.32 Å². The van der Waals surface area contributed by atoms with Gasteiger partial charge in [0, 0.05) is 13.1 Å². The van der Waals surface area contributed by atoms with E-state index in [9.17, 15) is 0 Å². The molecule has 0 atom stereocenters. The van der Waals surface area contributed by atoms with E-state index >= 15 is 0 Å². The molecular formula is C8H15NO2. The van der Waals surface area contributed by atoms with Crippen LogP contribution in [-0.4, -0.2) is 39.5 Å². The van der Waals surface area contributed by atoms with E-state index in [1.54, 1.807) is 0 Å². The molecule has 11 heavy (non-hydrogen) atoms. The normalized spacial score (nSPS) is 22.5. The van der Waals surface area contributed by atoms with Crippen LogP contribution in [0.25, 0.3) is 0 Å². The summed E-state index contributed by atoms with van der Waals surface area (Å²) in [5.74, 6) is 0. The van der Waals surface area contributed by atoms with Crippen molar-refractivity contribution >= 4 is 0 Å². The van der Waals surface area contributed by atoms with Gasteiger partial charge in [-0.3, -0.25) is 0 Å². The molecule has 0 saturated heterocycles. The first-order valence-corrected chi connectivity index (χ1v) is 4.01. The molecule has 0 unspecified atom stereocenters. The average Bonchev–Trinajstić information content (AvgIpc) is 2.08. The van der Waals surface area contributed by atoms with Crippen LogP contribution in [-0.2, 0) is 9.47 Å². The summed E-state index contributed by atoms with van der Waals surface area (Å²) < 4.78 is 10.5. The lowest BCUT2D eigenvalue weighted by Gasteiger charge is -2.02. The molecule has 1 aliphatic rings. The molecule has 1 rings (SSSR count). The third kappa shape index (κ3) is 4.95. The van der Waals surface area contributed by atoms with E-state index in [1.807, 2.05) is 12.2 Å². The van der Waals surface area contributed by atoms with Crippen LogP contribution >= 0.6 is 0 Å². The van der Waals surface area contributed by atoms with E-state index in [4.69, 9.17) is 9.47 Å². The van der Waals surface area contributed by atoms with Crippen LogP contribution in [0.4, 0.5) is 0 Å². The maximum atomic E-state index is 5.26. The Bertz CT molecular complexity index is 103. The third-order valence-electron chi connectivity index (χ3n) is 1.44. The van der Waals surface area contributed by atoms with Crippen molar-refractivity contribution in [2.24, 2.45) is 0 Å². The number of nitrogens with one attached hydrogen (secondary N) is 1. The highest BCUT2D eigenvalue weighted by Crippen LogP contribution is 1.82. The molecule has 3 nitrogen and oxygen atoms in total. The van der Waals surface area contributed by atoms with Crippen LogP contribution in [0.5, 0.6) is 0 Å². The molecule has 3 heteroatoms. The average molecular weight is 157 g/mol. The second kappa shape index (κ2) is 6.34. The molecule has 0 spiro atoms. The van der Waals surface area contributed by atoms with Crippen LogP contribution in [0, 0.1) is 0 Å². The van der Waals surface area contributed by atoms with Crippen LogP contribution in [0.1, 0.15) is 0 Å². The molecule has 1 N–H and O–H groups in total. The lowest BCUT2D eigenvalue weighted by molar-refractivity contribution is 0.155. The highest BCUT2D eigenvalue weighted by Gasteiger charge is 1.89. The highest BCUT2D eigenvalue weighted by molar-refractivity contribution is 4.81. The number of rotatable bonds is 0. The Morgan fingerprint density at radius 3 is 2.00 bits per heavy atom. The lowest BCUT2D eigenvalue weighted by atomic mass is 10.5. The molecule has 0 saturated carbocycles. The third-order valence-corrected chi connectivity index (χ3v) is 1.44. The first-order chi connectivity index (χ1) is 5.50. The Morgan fingerprint density at radius 1 is 0.909 bits per heavy atom. The van der Waals surface area contributed by atoms with Gasteiger partial charge in [0.15, 0.2) is 0 Å². The molecule has 0 amide bonds. The molecular weight excluding hydrogens is 142 g/mol. The van der Waals surface area contributed by atoms with Crippen molar-refractivity contribution in [2.45, 2.75) is 0 Å². The first kappa shape index (κ1) is 8.71. The maximum Gasteiger partial charge on any atom is 0.0648 e. The van der Waals surface area contributed by atoms with Crippen molar-refractivity contribution in [3.63, 3.8) is 0 Å². The minimum atomic E-state index is 0.699. The highest BCUT2D eigenvalue weighted by atomic mass is 16.5. The Morgan fingerprint density at radius 2 is 1.45 bits per heavy atom. The number of ether oxygens (including phenoxy) is 2. The fourth-order valence-electron chi connectivity index (χ4n) is 0.853. The summed E-state index contributed by atoms with van der Waals surface area (Å²) in [6.07, 6.45) is 3.98. The summed E-state index contributed by atoms with van der Waals surface area (Å²) >= 11 is 0. The van der Waals surface area contributed by atoms with Crippen molar-refractivity contribution in [2.75, 3.05) is 39.5 Å². The smallest absolute Gasteiger partial charge is 0.0648 e. The predicted molar refractivity (Wildman–Crippen MR) is 43.6 cm³/mol. The summed E-state index contributed by atoms with van der Waals surface area (Å²) in [6, 6.07) is 0. The maximum absolute atomic E-state index is 5.26. The van der Waals surface area contributed by atoms with Gasteiger partial charge in [0.25, 0.3) is 0 Å². The lowest BCUT2D eigenvalue weighted by Crippen LogP contribution is -2.23. The SMILES string of the molecule is C1=CCOCCNCCOC1. The molecule has 0 bridgehead atoms. The fraction of sp³-hybridized carbons (Fsp3) is 0.750. The van der Waals surface area contributed by atoms with E-state index < -0.39 is 0 Å². The zero-order valence-corrected chi connectivity index (χ0v) is 6.71. The predicted octanol–water partition coefficient (Wildman–Crippen LogP) is 0.179. The second-order valence-corrected chi connectivity index (χ2v) is 2.37. The minimum absolute atomic E-state index is 0.699. The Kier molecular flexibility index (Phi) is 5.02. The van der Waals surface area contributed by atoms with Crippen LogP contribution in [0.15, 0.2) is 12.2 Å². The van der Waals surface area contributed by atoms with Crippen molar-refractivity contribution in [1.82, 2.24) is 5.32 Å². The van der Waals surface area contributed by atoms with Gasteiger partial charge >= 0.3 is 0 Å². The van der Waals surface area contributed by atoms with E-state index in [-0.39, 0.29) is 0 Å². The van der Waals surface area contributed by atoms with Crippen LogP contribution in [0.2, 0.25) is 0 Å². The van der Waals surface area contributed by atoms with Gasteiger partial charge in [0.2, 0.25) is 0 Å². The Hall–Kier alpha value is -0.380. The second-order valence-electron chi connectivity index (χ2n) is 2.37. The van der Waals surface area contributed by atoms with Gasteiger partial charge in [0.1, 0.15) is 0 Å². The molecule has 1 aliphatic heterocycles. The van der Waals surface area contributed by atoms with Gasteiger partial charge in [0.05, 0.1) is 26.4 Å². The monoisotopic (exact) mass is 157 g/mol. The van der Waals surface area contributed by atoms with Gasteiger partial charge < -0.3 is 14.8 Å². The molecule has 64 valence electrons. The number of hydrogen-bond donors (Lipinski definition) is 1. The largest absolute Gasteiger partial charge is 0.376 e. The summed E-state index contributed by atoms with van der Waals surface area (Å²) in [4.78, 5) is 0. The van der Waals surface area contributed by atoms with Crippen molar-refractivity contribution < 1.29 is 9.47 Å². The zero-order chi connectivity index (χ0) is 7.78. The summed E-state index contributed by atoms with van der Waals surface area (Å²) in [5.41, 5.74) is 0. The summed E-state index contributed by atoms with van der Waals surface area (Å²) in [7, 11) is 0. The molecule has 0 aromatic carbocycles. The van der Waals surface area contributed by atoms with Gasteiger partial charge in [-0.1, -0.05) is 12.2 Å². The molecule has 0 aromatic heterocycles.